The predicted octanol–water partition coefficient (Wildman–Crippen LogP) is 3.23. The van der Waals surface area contributed by atoms with Gasteiger partial charge in [-0.15, -0.1) is 0 Å². The minimum absolute atomic E-state index is 0.132. The van der Waals surface area contributed by atoms with E-state index in [1.54, 1.807) is 6.07 Å². The van der Waals surface area contributed by atoms with Gasteiger partial charge in [-0.05, 0) is 91.5 Å². The van der Waals surface area contributed by atoms with Crippen molar-refractivity contribution in [1.29, 1.82) is 0 Å². The highest BCUT2D eigenvalue weighted by Gasteiger charge is 2.51. The van der Waals surface area contributed by atoms with E-state index < -0.39 is 11.8 Å². The SMILES string of the molecule is O=C(CNC(=O)c1ccco1)NCC(=O)Nc1ccc(C23CC4CC(CC(C4)C2)C3)cc1. The molecule has 4 fully saturated rings. The van der Waals surface area contributed by atoms with Crippen LogP contribution in [0.1, 0.15) is 54.6 Å². The lowest BCUT2D eigenvalue weighted by atomic mass is 9.48. The Hall–Kier alpha value is -3.09. The fourth-order valence-electron chi connectivity index (χ4n) is 6.47. The summed E-state index contributed by atoms with van der Waals surface area (Å²) < 4.78 is 4.96. The van der Waals surface area contributed by atoms with E-state index in [1.165, 1.54) is 56.4 Å². The van der Waals surface area contributed by atoms with Gasteiger partial charge in [-0.2, -0.15) is 0 Å². The molecule has 0 spiro atoms. The zero-order valence-electron chi connectivity index (χ0n) is 18.1. The molecule has 4 bridgehead atoms. The van der Waals surface area contributed by atoms with Crippen molar-refractivity contribution in [1.82, 2.24) is 10.6 Å². The second-order valence-corrected chi connectivity index (χ2v) is 9.76. The quantitative estimate of drug-likeness (QED) is 0.622. The number of rotatable bonds is 7. The summed E-state index contributed by atoms with van der Waals surface area (Å²) in [6.07, 6.45) is 9.59. The summed E-state index contributed by atoms with van der Waals surface area (Å²) >= 11 is 0. The van der Waals surface area contributed by atoms with Crippen molar-refractivity contribution in [3.05, 3.63) is 54.0 Å². The molecule has 3 N–H and O–H groups in total. The first-order chi connectivity index (χ1) is 15.5. The molecule has 0 radical (unpaired) electrons. The number of anilines is 1. The van der Waals surface area contributed by atoms with Crippen LogP contribution >= 0.6 is 0 Å². The topological polar surface area (TPSA) is 100 Å². The van der Waals surface area contributed by atoms with E-state index in [0.717, 1.165) is 23.4 Å². The van der Waals surface area contributed by atoms with Gasteiger partial charge in [-0.25, -0.2) is 0 Å². The summed E-state index contributed by atoms with van der Waals surface area (Å²) in [7, 11) is 0. The molecule has 4 aliphatic carbocycles. The minimum atomic E-state index is -0.478. The van der Waals surface area contributed by atoms with E-state index in [0.29, 0.717) is 5.41 Å². The standard InChI is InChI=1S/C25H29N3O4/c29-22(14-27-24(31)21-2-1-7-32-21)26-15-23(30)28-20-5-3-19(4-6-20)25-11-16-8-17(12-25)10-18(9-16)13-25/h1-7,16-18H,8-15H2,(H,26,29)(H,27,31)(H,28,30). The van der Waals surface area contributed by atoms with E-state index in [1.807, 2.05) is 12.1 Å². The fraction of sp³-hybridized carbons (Fsp3) is 0.480. The maximum atomic E-state index is 12.2. The van der Waals surface area contributed by atoms with Gasteiger partial charge in [0, 0.05) is 5.69 Å². The predicted molar refractivity (Wildman–Crippen MR) is 119 cm³/mol. The van der Waals surface area contributed by atoms with Gasteiger partial charge < -0.3 is 20.4 Å². The molecule has 3 amide bonds. The van der Waals surface area contributed by atoms with Crippen molar-refractivity contribution in [2.45, 2.75) is 43.9 Å². The summed E-state index contributed by atoms with van der Waals surface area (Å²) in [4.78, 5) is 35.9. The van der Waals surface area contributed by atoms with Crippen molar-refractivity contribution < 1.29 is 18.8 Å². The third-order valence-corrected chi connectivity index (χ3v) is 7.42. The van der Waals surface area contributed by atoms with E-state index in [9.17, 15) is 14.4 Å². The number of furan rings is 1. The van der Waals surface area contributed by atoms with Crippen molar-refractivity contribution in [3.63, 3.8) is 0 Å². The Morgan fingerprint density at radius 2 is 1.47 bits per heavy atom. The first-order valence-corrected chi connectivity index (χ1v) is 11.5. The first kappa shape index (κ1) is 20.8. The van der Waals surface area contributed by atoms with E-state index in [4.69, 9.17) is 4.42 Å². The average Bonchev–Trinajstić information content (AvgIpc) is 3.31. The number of hydrogen-bond donors (Lipinski definition) is 3. The normalized spacial score (nSPS) is 27.7. The van der Waals surface area contributed by atoms with Crippen molar-refractivity contribution in [3.8, 4) is 0 Å². The fourth-order valence-corrected chi connectivity index (χ4v) is 6.47. The summed E-state index contributed by atoms with van der Waals surface area (Å²) in [6.45, 7) is -0.390. The molecular weight excluding hydrogens is 406 g/mol. The lowest BCUT2D eigenvalue weighted by Gasteiger charge is -2.57. The zero-order valence-corrected chi connectivity index (χ0v) is 18.1. The third kappa shape index (κ3) is 4.29. The van der Waals surface area contributed by atoms with Crippen LogP contribution < -0.4 is 16.0 Å². The van der Waals surface area contributed by atoms with Crippen LogP contribution in [0.2, 0.25) is 0 Å². The molecule has 7 heteroatoms. The lowest BCUT2D eigenvalue weighted by molar-refractivity contribution is -0.123. The summed E-state index contributed by atoms with van der Waals surface area (Å²) in [5.41, 5.74) is 2.48. The molecule has 0 atom stereocenters. The van der Waals surface area contributed by atoms with E-state index in [-0.39, 0.29) is 24.8 Å². The van der Waals surface area contributed by atoms with Crippen LogP contribution in [0.4, 0.5) is 5.69 Å². The summed E-state index contributed by atoms with van der Waals surface area (Å²) in [5, 5.41) is 7.78. The van der Waals surface area contributed by atoms with Crippen molar-refractivity contribution in [2.24, 2.45) is 17.8 Å². The Labute approximate surface area is 187 Å². The molecule has 7 nitrogen and oxygen atoms in total. The second-order valence-electron chi connectivity index (χ2n) is 9.76. The molecule has 1 heterocycles. The molecule has 0 aliphatic heterocycles. The van der Waals surface area contributed by atoms with Crippen LogP contribution in [-0.2, 0) is 15.0 Å². The van der Waals surface area contributed by atoms with E-state index in [2.05, 4.69) is 28.1 Å². The van der Waals surface area contributed by atoms with Crippen LogP contribution in [0.25, 0.3) is 0 Å². The molecule has 2 aromatic rings. The molecule has 6 rings (SSSR count). The molecule has 4 aliphatic rings. The third-order valence-electron chi connectivity index (χ3n) is 7.42. The van der Waals surface area contributed by atoms with Gasteiger partial charge in [-0.1, -0.05) is 12.1 Å². The highest BCUT2D eigenvalue weighted by atomic mass is 16.3. The number of carbonyl (C=O) groups excluding carboxylic acids is 3. The van der Waals surface area contributed by atoms with Gasteiger partial charge in [0.1, 0.15) is 0 Å². The van der Waals surface area contributed by atoms with Gasteiger partial charge in [0.25, 0.3) is 5.91 Å². The van der Waals surface area contributed by atoms with Gasteiger partial charge in [0.05, 0.1) is 19.4 Å². The summed E-state index contributed by atoms with van der Waals surface area (Å²) in [5.74, 6) is 1.59. The molecule has 1 aromatic heterocycles. The molecule has 0 saturated heterocycles. The van der Waals surface area contributed by atoms with Crippen LogP contribution in [0.15, 0.2) is 47.1 Å². The minimum Gasteiger partial charge on any atom is -0.459 e. The number of nitrogens with one attached hydrogen (secondary N) is 3. The average molecular weight is 436 g/mol. The molecular formula is C25H29N3O4. The molecule has 0 unspecified atom stereocenters. The first-order valence-electron chi connectivity index (χ1n) is 11.5. The maximum Gasteiger partial charge on any atom is 0.287 e. The van der Waals surface area contributed by atoms with Gasteiger partial charge >= 0.3 is 0 Å². The largest absolute Gasteiger partial charge is 0.459 e. The van der Waals surface area contributed by atoms with Crippen LogP contribution in [0, 0.1) is 17.8 Å². The Balaban J connectivity index is 1.09. The second kappa shape index (κ2) is 8.45. The Kier molecular flexibility index (Phi) is 5.49. The smallest absolute Gasteiger partial charge is 0.287 e. The Morgan fingerprint density at radius 3 is 2.06 bits per heavy atom. The molecule has 4 saturated carbocycles. The van der Waals surface area contributed by atoms with Gasteiger partial charge in [0.2, 0.25) is 11.8 Å². The summed E-state index contributed by atoms with van der Waals surface area (Å²) in [6, 6.07) is 11.4. The highest BCUT2D eigenvalue weighted by molar-refractivity contribution is 5.96. The van der Waals surface area contributed by atoms with Gasteiger partial charge in [-0.3, -0.25) is 14.4 Å². The molecule has 32 heavy (non-hydrogen) atoms. The molecule has 168 valence electrons. The van der Waals surface area contributed by atoms with Crippen molar-refractivity contribution >= 4 is 23.4 Å². The number of hydrogen-bond acceptors (Lipinski definition) is 4. The zero-order chi connectivity index (χ0) is 22.1. The van der Waals surface area contributed by atoms with Gasteiger partial charge in [0.15, 0.2) is 5.76 Å². The Morgan fingerprint density at radius 1 is 0.844 bits per heavy atom. The number of amides is 3. The number of benzene rings is 1. The Bertz CT molecular complexity index is 961. The number of carbonyl (C=O) groups is 3. The lowest BCUT2D eigenvalue weighted by Crippen LogP contribution is -2.48. The maximum absolute atomic E-state index is 12.2. The van der Waals surface area contributed by atoms with Crippen LogP contribution in [-0.4, -0.2) is 30.8 Å². The van der Waals surface area contributed by atoms with Crippen molar-refractivity contribution in [2.75, 3.05) is 18.4 Å². The van der Waals surface area contributed by atoms with Crippen LogP contribution in [0.3, 0.4) is 0 Å². The van der Waals surface area contributed by atoms with Crippen LogP contribution in [0.5, 0.6) is 0 Å². The monoisotopic (exact) mass is 435 g/mol. The molecule has 1 aromatic carbocycles. The highest BCUT2D eigenvalue weighted by Crippen LogP contribution is 2.60. The van der Waals surface area contributed by atoms with E-state index >= 15 is 0 Å².